The van der Waals surface area contributed by atoms with E-state index in [1.165, 1.54) is 0 Å². The van der Waals surface area contributed by atoms with E-state index in [0.29, 0.717) is 12.6 Å². The van der Waals surface area contributed by atoms with Gasteiger partial charge in [0.15, 0.2) is 0 Å². The number of thioether (sulfide) groups is 1. The van der Waals surface area contributed by atoms with Crippen LogP contribution in [0.5, 0.6) is 0 Å². The fourth-order valence-corrected chi connectivity index (χ4v) is 4.70. The normalized spacial score (nSPS) is 24.3. The molecule has 0 spiro atoms. The molecule has 0 bridgehead atoms. The number of para-hydroxylation sites is 1. The first-order valence-corrected chi connectivity index (χ1v) is 9.41. The number of hydrogen-bond acceptors (Lipinski definition) is 4. The molecule has 1 aromatic heterocycles. The number of carbonyl (C=O) groups is 1. The van der Waals surface area contributed by atoms with Crippen LogP contribution in [0.4, 0.5) is 0 Å². The number of nitrogens with one attached hydrogen (secondary N) is 1. The van der Waals surface area contributed by atoms with E-state index >= 15 is 0 Å². The van der Waals surface area contributed by atoms with Crippen molar-refractivity contribution in [1.82, 2.24) is 15.1 Å². The highest BCUT2D eigenvalue weighted by atomic mass is 32.2. The zero-order valence-corrected chi connectivity index (χ0v) is 13.8. The van der Waals surface area contributed by atoms with Crippen molar-refractivity contribution in [2.24, 2.45) is 0 Å². The Hall–Kier alpha value is -1.53. The SMILES string of the molecule is O=C(c1cccc2cn[nH]c12)N(C[C@H]1CCCO1)[C@H]1CCSC1. The molecule has 1 N–H and O–H groups in total. The molecule has 122 valence electrons. The monoisotopic (exact) mass is 331 g/mol. The molecule has 3 heterocycles. The Kier molecular flexibility index (Phi) is 4.27. The summed E-state index contributed by atoms with van der Waals surface area (Å²) in [5.74, 6) is 2.26. The fourth-order valence-electron chi connectivity index (χ4n) is 3.48. The van der Waals surface area contributed by atoms with Crippen molar-refractivity contribution >= 4 is 28.6 Å². The summed E-state index contributed by atoms with van der Waals surface area (Å²) < 4.78 is 5.78. The molecular weight excluding hydrogens is 310 g/mol. The molecule has 1 amide bonds. The Bertz CT molecular complexity index is 690. The third-order valence-corrected chi connectivity index (χ3v) is 5.88. The lowest BCUT2D eigenvalue weighted by molar-refractivity contribution is 0.0443. The second kappa shape index (κ2) is 6.53. The molecule has 1 aromatic carbocycles. The highest BCUT2D eigenvalue weighted by molar-refractivity contribution is 7.99. The summed E-state index contributed by atoms with van der Waals surface area (Å²) in [5, 5.41) is 8.03. The van der Waals surface area contributed by atoms with Gasteiger partial charge in [-0.05, 0) is 31.1 Å². The van der Waals surface area contributed by atoms with Crippen LogP contribution in [-0.4, -0.2) is 57.8 Å². The molecule has 0 unspecified atom stereocenters. The predicted molar refractivity (Wildman–Crippen MR) is 91.8 cm³/mol. The summed E-state index contributed by atoms with van der Waals surface area (Å²) >= 11 is 1.93. The summed E-state index contributed by atoms with van der Waals surface area (Å²) in [6.45, 7) is 1.52. The minimum Gasteiger partial charge on any atom is -0.376 e. The van der Waals surface area contributed by atoms with E-state index in [-0.39, 0.29) is 12.0 Å². The fraction of sp³-hybridized carbons (Fsp3) is 0.529. The van der Waals surface area contributed by atoms with Crippen molar-refractivity contribution in [3.63, 3.8) is 0 Å². The third kappa shape index (κ3) is 2.97. The van der Waals surface area contributed by atoms with Crippen LogP contribution in [0.2, 0.25) is 0 Å². The first-order chi connectivity index (χ1) is 11.3. The number of fused-ring (bicyclic) bond motifs is 1. The van der Waals surface area contributed by atoms with E-state index in [4.69, 9.17) is 4.74 Å². The second-order valence-corrected chi connectivity index (χ2v) is 7.40. The van der Waals surface area contributed by atoms with Gasteiger partial charge in [0.05, 0.1) is 23.4 Å². The van der Waals surface area contributed by atoms with Gasteiger partial charge in [0.2, 0.25) is 0 Å². The lowest BCUT2D eigenvalue weighted by atomic mass is 10.1. The van der Waals surface area contributed by atoms with E-state index in [1.807, 2.05) is 34.9 Å². The van der Waals surface area contributed by atoms with Crippen molar-refractivity contribution < 1.29 is 9.53 Å². The van der Waals surface area contributed by atoms with Gasteiger partial charge < -0.3 is 9.64 Å². The number of benzene rings is 1. The van der Waals surface area contributed by atoms with Crippen LogP contribution in [0.25, 0.3) is 10.9 Å². The van der Waals surface area contributed by atoms with E-state index in [1.54, 1.807) is 6.20 Å². The maximum atomic E-state index is 13.2. The molecule has 2 atom stereocenters. The molecule has 6 heteroatoms. The maximum absolute atomic E-state index is 13.2. The number of amides is 1. The summed E-state index contributed by atoms with van der Waals surface area (Å²) in [4.78, 5) is 15.3. The lowest BCUT2D eigenvalue weighted by Gasteiger charge is -2.31. The zero-order chi connectivity index (χ0) is 15.6. The van der Waals surface area contributed by atoms with Gasteiger partial charge in [0, 0.05) is 30.3 Å². The molecule has 5 nitrogen and oxygen atoms in total. The van der Waals surface area contributed by atoms with Gasteiger partial charge in [-0.2, -0.15) is 16.9 Å². The van der Waals surface area contributed by atoms with Gasteiger partial charge >= 0.3 is 0 Å². The number of H-pyrrole nitrogens is 1. The topological polar surface area (TPSA) is 58.2 Å². The number of aromatic amines is 1. The molecule has 2 aromatic rings. The highest BCUT2D eigenvalue weighted by Crippen LogP contribution is 2.27. The lowest BCUT2D eigenvalue weighted by Crippen LogP contribution is -2.44. The molecule has 0 aliphatic carbocycles. The standard InChI is InChI=1S/C17H21N3O2S/c21-17(15-5-1-3-12-9-18-19-16(12)15)20(13-6-8-23-11-13)10-14-4-2-7-22-14/h1,3,5,9,13-14H,2,4,6-8,10-11H2,(H,18,19)/t13-,14+/m0/s1. The molecule has 23 heavy (non-hydrogen) atoms. The number of rotatable bonds is 4. The minimum atomic E-state index is 0.0999. The number of carbonyl (C=O) groups excluding carboxylic acids is 1. The molecule has 2 fully saturated rings. The van der Waals surface area contributed by atoms with Crippen molar-refractivity contribution in [1.29, 1.82) is 0 Å². The van der Waals surface area contributed by atoms with Crippen molar-refractivity contribution in [3.05, 3.63) is 30.0 Å². The van der Waals surface area contributed by atoms with Gasteiger partial charge in [-0.15, -0.1) is 0 Å². The minimum absolute atomic E-state index is 0.0999. The molecule has 2 aliphatic heterocycles. The third-order valence-electron chi connectivity index (χ3n) is 4.74. The second-order valence-electron chi connectivity index (χ2n) is 6.25. The van der Waals surface area contributed by atoms with E-state index in [0.717, 1.165) is 53.8 Å². The predicted octanol–water partition coefficient (Wildman–Crippen LogP) is 2.69. The summed E-state index contributed by atoms with van der Waals surface area (Å²) in [6, 6.07) is 6.12. The smallest absolute Gasteiger partial charge is 0.256 e. The van der Waals surface area contributed by atoms with E-state index < -0.39 is 0 Å². The van der Waals surface area contributed by atoms with Crippen LogP contribution in [0.1, 0.15) is 29.6 Å². The highest BCUT2D eigenvalue weighted by Gasteiger charge is 2.32. The molecule has 4 rings (SSSR count). The Morgan fingerprint density at radius 1 is 1.43 bits per heavy atom. The van der Waals surface area contributed by atoms with Gasteiger partial charge in [-0.1, -0.05) is 12.1 Å². The maximum Gasteiger partial charge on any atom is 0.256 e. The van der Waals surface area contributed by atoms with E-state index in [2.05, 4.69) is 10.2 Å². The van der Waals surface area contributed by atoms with Crippen molar-refractivity contribution in [2.45, 2.75) is 31.4 Å². The molecule has 0 radical (unpaired) electrons. The Morgan fingerprint density at radius 2 is 2.39 bits per heavy atom. The Labute approximate surface area is 139 Å². The average Bonchev–Trinajstić information content (AvgIpc) is 3.33. The van der Waals surface area contributed by atoms with Crippen molar-refractivity contribution in [3.8, 4) is 0 Å². The van der Waals surface area contributed by atoms with E-state index in [9.17, 15) is 4.79 Å². The molecular formula is C17H21N3O2S. The van der Waals surface area contributed by atoms with Crippen LogP contribution in [0, 0.1) is 0 Å². The average molecular weight is 331 g/mol. The molecule has 2 aliphatic rings. The van der Waals surface area contributed by atoms with Crippen LogP contribution in [0.15, 0.2) is 24.4 Å². The molecule has 2 saturated heterocycles. The van der Waals surface area contributed by atoms with Gasteiger partial charge in [-0.25, -0.2) is 0 Å². The first kappa shape index (κ1) is 15.0. The first-order valence-electron chi connectivity index (χ1n) is 8.25. The summed E-state index contributed by atoms with van der Waals surface area (Å²) in [5.41, 5.74) is 1.55. The largest absolute Gasteiger partial charge is 0.376 e. The Balaban J connectivity index is 1.64. The van der Waals surface area contributed by atoms with Crippen LogP contribution in [-0.2, 0) is 4.74 Å². The number of aromatic nitrogens is 2. The zero-order valence-electron chi connectivity index (χ0n) is 13.0. The van der Waals surface area contributed by atoms with Gasteiger partial charge in [0.25, 0.3) is 5.91 Å². The van der Waals surface area contributed by atoms with Crippen molar-refractivity contribution in [2.75, 3.05) is 24.7 Å². The van der Waals surface area contributed by atoms with Gasteiger partial charge in [-0.3, -0.25) is 9.89 Å². The number of hydrogen-bond donors (Lipinski definition) is 1. The Morgan fingerprint density at radius 3 is 3.17 bits per heavy atom. The number of ether oxygens (including phenoxy) is 1. The number of nitrogens with zero attached hydrogens (tertiary/aromatic N) is 2. The van der Waals surface area contributed by atoms with Crippen LogP contribution in [0.3, 0.4) is 0 Å². The molecule has 0 saturated carbocycles. The van der Waals surface area contributed by atoms with Gasteiger partial charge in [0.1, 0.15) is 0 Å². The van der Waals surface area contributed by atoms with Crippen LogP contribution < -0.4 is 0 Å². The summed E-state index contributed by atoms with van der Waals surface area (Å²) in [7, 11) is 0. The quantitative estimate of drug-likeness (QED) is 0.936. The summed E-state index contributed by atoms with van der Waals surface area (Å²) in [6.07, 6.45) is 5.18. The van der Waals surface area contributed by atoms with Crippen LogP contribution >= 0.6 is 11.8 Å².